The van der Waals surface area contributed by atoms with E-state index in [9.17, 15) is 22.8 Å². The summed E-state index contributed by atoms with van der Waals surface area (Å²) in [4.78, 5) is 29.7. The predicted octanol–water partition coefficient (Wildman–Crippen LogP) is 6.55. The monoisotopic (exact) mass is 506 g/mol. The fraction of sp³-hybridized carbons (Fsp3) is 0.0870. The molecule has 6 nitrogen and oxygen atoms in total. The molecule has 2 aromatic carbocycles. The van der Waals surface area contributed by atoms with E-state index in [0.717, 1.165) is 23.9 Å². The molecule has 1 aromatic heterocycles. The first-order chi connectivity index (χ1) is 16.0. The van der Waals surface area contributed by atoms with Crippen LogP contribution in [0.2, 0.25) is 5.02 Å². The fourth-order valence-corrected chi connectivity index (χ4v) is 4.27. The summed E-state index contributed by atoms with van der Waals surface area (Å²) in [5, 5.41) is 9.04. The molecule has 0 aliphatic carbocycles. The van der Waals surface area contributed by atoms with Gasteiger partial charge < -0.3 is 9.52 Å². The summed E-state index contributed by atoms with van der Waals surface area (Å²) in [6.45, 7) is 0. The van der Waals surface area contributed by atoms with Gasteiger partial charge >= 0.3 is 12.1 Å². The van der Waals surface area contributed by atoms with Crippen LogP contribution in [0, 0.1) is 0 Å². The topological polar surface area (TPSA) is 83.1 Å². The van der Waals surface area contributed by atoms with Crippen LogP contribution < -0.4 is 0 Å². The highest BCUT2D eigenvalue weighted by molar-refractivity contribution is 8.18. The number of amides is 1. The largest absolute Gasteiger partial charge is 0.478 e. The number of carbonyl (C=O) groups is 2. The van der Waals surface area contributed by atoms with Crippen molar-refractivity contribution in [2.24, 2.45) is 4.99 Å². The van der Waals surface area contributed by atoms with Crippen LogP contribution >= 0.6 is 23.4 Å². The summed E-state index contributed by atoms with van der Waals surface area (Å²) in [6.07, 6.45) is -3.15. The highest BCUT2D eigenvalue weighted by atomic mass is 35.5. The van der Waals surface area contributed by atoms with Gasteiger partial charge in [0.15, 0.2) is 5.17 Å². The second-order valence-corrected chi connectivity index (χ2v) is 8.54. The minimum absolute atomic E-state index is 0.0635. The Hall–Kier alpha value is -3.50. The van der Waals surface area contributed by atoms with Crippen molar-refractivity contribution in [1.29, 1.82) is 0 Å². The number of carboxylic acid groups (broad SMARTS) is 1. The minimum Gasteiger partial charge on any atom is -0.478 e. The van der Waals surface area contributed by atoms with Gasteiger partial charge in [-0.05, 0) is 60.3 Å². The number of hydrogen-bond donors (Lipinski definition) is 1. The summed E-state index contributed by atoms with van der Waals surface area (Å²) in [5.41, 5.74) is -0.358. The van der Waals surface area contributed by atoms with Gasteiger partial charge in [-0.1, -0.05) is 17.7 Å². The highest BCUT2D eigenvalue weighted by Gasteiger charge is 2.34. The number of alkyl halides is 3. The Balaban J connectivity index is 1.60. The average molecular weight is 507 g/mol. The molecular formula is C23H14ClF3N2O4S. The van der Waals surface area contributed by atoms with E-state index < -0.39 is 22.7 Å². The molecule has 0 spiro atoms. The molecule has 4 rings (SSSR count). The van der Waals surface area contributed by atoms with Crippen LogP contribution in [0.3, 0.4) is 0 Å². The number of carboxylic acids is 1. The molecule has 3 aromatic rings. The molecule has 0 unspecified atom stereocenters. The normalized spacial score (nSPS) is 16.6. The average Bonchev–Trinajstić information content (AvgIpc) is 3.34. The number of aliphatic imine (C=N–C) groups is 1. The van der Waals surface area contributed by atoms with Crippen LogP contribution in [-0.4, -0.2) is 34.1 Å². The quantitative estimate of drug-likeness (QED) is 0.406. The summed E-state index contributed by atoms with van der Waals surface area (Å²) >= 11 is 6.72. The van der Waals surface area contributed by atoms with Gasteiger partial charge in [-0.2, -0.15) is 13.2 Å². The second kappa shape index (κ2) is 9.03. The molecule has 34 heavy (non-hydrogen) atoms. The standard InChI is InChI=1S/C23H14ClF3N2O4S/c1-29-20(30)19(34-22(29)28-14-4-2-3-13(9-14)21(31)32)11-15-6-8-18(33-15)12-5-7-17(24)16(10-12)23(25,26)27/h2-11H,1H3,(H,31,32)/b19-11-,28-22?. The predicted molar refractivity (Wildman–Crippen MR) is 123 cm³/mol. The molecule has 2 heterocycles. The number of furan rings is 1. The van der Waals surface area contributed by atoms with Gasteiger partial charge in [-0.25, -0.2) is 9.79 Å². The number of hydrogen-bond acceptors (Lipinski definition) is 5. The van der Waals surface area contributed by atoms with Crippen molar-refractivity contribution in [1.82, 2.24) is 4.90 Å². The van der Waals surface area contributed by atoms with E-state index in [1.54, 1.807) is 12.1 Å². The first kappa shape index (κ1) is 23.7. The van der Waals surface area contributed by atoms with Crippen LogP contribution in [0.4, 0.5) is 18.9 Å². The molecule has 174 valence electrons. The van der Waals surface area contributed by atoms with Gasteiger partial charge in [0.05, 0.1) is 26.7 Å². The number of carbonyl (C=O) groups excluding carboxylic acids is 1. The van der Waals surface area contributed by atoms with Crippen LogP contribution in [0.25, 0.3) is 17.4 Å². The molecule has 1 fully saturated rings. The summed E-state index contributed by atoms with van der Waals surface area (Å²) in [7, 11) is 1.52. The summed E-state index contributed by atoms with van der Waals surface area (Å²) in [5.74, 6) is -1.01. The third-order valence-corrected chi connectivity index (χ3v) is 6.17. The zero-order chi connectivity index (χ0) is 24.6. The lowest BCUT2D eigenvalue weighted by Crippen LogP contribution is -2.23. The maximum absolute atomic E-state index is 13.1. The van der Waals surface area contributed by atoms with Crippen LogP contribution in [-0.2, 0) is 11.0 Å². The van der Waals surface area contributed by atoms with Crippen molar-refractivity contribution in [2.45, 2.75) is 6.18 Å². The molecule has 0 saturated carbocycles. The smallest absolute Gasteiger partial charge is 0.417 e. The first-order valence-corrected chi connectivity index (χ1v) is 10.8. The number of halogens is 4. The molecule has 0 atom stereocenters. The molecule has 1 aliphatic rings. The Morgan fingerprint density at radius 3 is 2.65 bits per heavy atom. The lowest BCUT2D eigenvalue weighted by molar-refractivity contribution is -0.137. The van der Waals surface area contributed by atoms with Crippen molar-refractivity contribution in [3.8, 4) is 11.3 Å². The molecule has 11 heteroatoms. The molecule has 0 radical (unpaired) electrons. The number of thioether (sulfide) groups is 1. The zero-order valence-electron chi connectivity index (χ0n) is 17.3. The van der Waals surface area contributed by atoms with Crippen LogP contribution in [0.15, 0.2) is 68.9 Å². The number of aromatic carboxylic acids is 1. The van der Waals surface area contributed by atoms with E-state index in [0.29, 0.717) is 10.9 Å². The van der Waals surface area contributed by atoms with Crippen molar-refractivity contribution in [3.05, 3.63) is 81.4 Å². The highest BCUT2D eigenvalue weighted by Crippen LogP contribution is 2.38. The van der Waals surface area contributed by atoms with Crippen molar-refractivity contribution >= 4 is 52.2 Å². The first-order valence-electron chi connectivity index (χ1n) is 9.59. The maximum atomic E-state index is 13.1. The third-order valence-electron chi connectivity index (χ3n) is 4.78. The summed E-state index contributed by atoms with van der Waals surface area (Å²) in [6, 6.07) is 12.5. The van der Waals surface area contributed by atoms with Gasteiger partial charge in [0.25, 0.3) is 5.91 Å². The van der Waals surface area contributed by atoms with E-state index >= 15 is 0 Å². The van der Waals surface area contributed by atoms with Crippen molar-refractivity contribution < 1.29 is 32.3 Å². The molecule has 1 aliphatic heterocycles. The zero-order valence-corrected chi connectivity index (χ0v) is 18.8. The molecule has 1 saturated heterocycles. The Labute approximate surface area is 200 Å². The molecule has 0 bridgehead atoms. The Morgan fingerprint density at radius 1 is 1.18 bits per heavy atom. The van der Waals surface area contributed by atoms with E-state index in [1.165, 1.54) is 48.4 Å². The van der Waals surface area contributed by atoms with E-state index in [-0.39, 0.29) is 33.5 Å². The minimum atomic E-state index is -4.61. The number of amidine groups is 1. The van der Waals surface area contributed by atoms with Crippen molar-refractivity contribution in [3.63, 3.8) is 0 Å². The second-order valence-electron chi connectivity index (χ2n) is 7.12. The third kappa shape index (κ3) is 4.87. The Morgan fingerprint density at radius 2 is 1.94 bits per heavy atom. The SMILES string of the molecule is CN1C(=O)/C(=C/c2ccc(-c3ccc(Cl)c(C(F)(F)F)c3)o2)SC1=Nc1cccc(C(=O)O)c1. The van der Waals surface area contributed by atoms with E-state index in [2.05, 4.69) is 4.99 Å². The van der Waals surface area contributed by atoms with Gasteiger partial charge in [-0.15, -0.1) is 0 Å². The number of likely N-dealkylation sites (N-methyl/N-ethyl adjacent to an activating group) is 1. The van der Waals surface area contributed by atoms with Gasteiger partial charge in [0.1, 0.15) is 11.5 Å². The maximum Gasteiger partial charge on any atom is 0.417 e. The fourth-order valence-electron chi connectivity index (χ4n) is 3.08. The van der Waals surface area contributed by atoms with Gasteiger partial charge in [0.2, 0.25) is 0 Å². The van der Waals surface area contributed by atoms with Crippen molar-refractivity contribution in [2.75, 3.05) is 7.05 Å². The number of benzene rings is 2. The van der Waals surface area contributed by atoms with Gasteiger partial charge in [0, 0.05) is 18.7 Å². The van der Waals surface area contributed by atoms with Crippen LogP contribution in [0.5, 0.6) is 0 Å². The summed E-state index contributed by atoms with van der Waals surface area (Å²) < 4.78 is 45.1. The Kier molecular flexibility index (Phi) is 6.28. The van der Waals surface area contributed by atoms with E-state index in [1.807, 2.05) is 0 Å². The Bertz CT molecular complexity index is 1360. The van der Waals surface area contributed by atoms with Crippen LogP contribution in [0.1, 0.15) is 21.7 Å². The molecule has 1 amide bonds. The number of nitrogens with zero attached hydrogens (tertiary/aromatic N) is 2. The lowest BCUT2D eigenvalue weighted by atomic mass is 10.1. The van der Waals surface area contributed by atoms with Gasteiger partial charge in [-0.3, -0.25) is 9.69 Å². The molecule has 1 N–H and O–H groups in total. The number of rotatable bonds is 4. The lowest BCUT2D eigenvalue weighted by Gasteiger charge is -2.09. The molecular weight excluding hydrogens is 493 g/mol. The van der Waals surface area contributed by atoms with E-state index in [4.69, 9.17) is 21.1 Å².